The van der Waals surface area contributed by atoms with Gasteiger partial charge in [0.15, 0.2) is 16.1 Å². The lowest BCUT2D eigenvalue weighted by atomic mass is 10.2. The normalized spacial score (nSPS) is 10.7. The molecule has 0 saturated heterocycles. The molecule has 2 aromatic heterocycles. The number of thioether (sulfide) groups is 1. The highest BCUT2D eigenvalue weighted by molar-refractivity contribution is 7.99. The number of nitrogens with one attached hydrogen (secondary N) is 1. The second-order valence-corrected chi connectivity index (χ2v) is 8.51. The molecule has 3 rings (SSSR count). The van der Waals surface area contributed by atoms with Crippen LogP contribution in [-0.2, 0) is 40.8 Å². The Morgan fingerprint density at radius 1 is 1.19 bits per heavy atom. The van der Waals surface area contributed by atoms with E-state index in [9.17, 15) is 9.59 Å². The number of aromatic nitrogens is 4. The van der Waals surface area contributed by atoms with Crippen molar-refractivity contribution in [1.82, 2.24) is 19.7 Å². The first-order valence-corrected chi connectivity index (χ1v) is 12.0. The molecule has 1 aromatic carbocycles. The molecule has 11 heteroatoms. The fourth-order valence-corrected chi connectivity index (χ4v) is 4.11. The van der Waals surface area contributed by atoms with Crippen LogP contribution in [0.3, 0.4) is 0 Å². The van der Waals surface area contributed by atoms with Crippen LogP contribution < -0.4 is 10.1 Å². The van der Waals surface area contributed by atoms with E-state index in [1.54, 1.807) is 16.9 Å². The van der Waals surface area contributed by atoms with Gasteiger partial charge in [-0.05, 0) is 31.0 Å². The molecule has 0 bridgehead atoms. The van der Waals surface area contributed by atoms with Crippen LogP contribution in [-0.4, -0.2) is 44.0 Å². The number of aryl methyl sites for hydroxylation is 1. The third kappa shape index (κ3) is 6.79. The molecule has 0 saturated carbocycles. The van der Waals surface area contributed by atoms with Gasteiger partial charge in [0.1, 0.15) is 12.4 Å². The van der Waals surface area contributed by atoms with E-state index in [1.807, 2.05) is 31.3 Å². The lowest BCUT2D eigenvalue weighted by molar-refractivity contribution is -0.142. The highest BCUT2D eigenvalue weighted by Crippen LogP contribution is 2.20. The van der Waals surface area contributed by atoms with Gasteiger partial charge in [-0.1, -0.05) is 30.8 Å². The summed E-state index contributed by atoms with van der Waals surface area (Å²) in [5.74, 6) is 1.02. The number of ether oxygens (including phenoxy) is 2. The Balaban J connectivity index is 1.46. The van der Waals surface area contributed by atoms with Crippen LogP contribution in [0.2, 0.25) is 0 Å². The molecule has 1 amide bonds. The summed E-state index contributed by atoms with van der Waals surface area (Å²) in [7, 11) is 1.83. The average molecular weight is 476 g/mol. The summed E-state index contributed by atoms with van der Waals surface area (Å²) in [5, 5.41) is 13.8. The number of carbonyl (C=O) groups is 2. The van der Waals surface area contributed by atoms with Crippen LogP contribution in [0.15, 0.2) is 34.8 Å². The number of hydrogen-bond acceptors (Lipinski definition) is 9. The number of esters is 1. The van der Waals surface area contributed by atoms with Crippen molar-refractivity contribution in [2.24, 2.45) is 7.05 Å². The van der Waals surface area contributed by atoms with Crippen LogP contribution >= 0.6 is 23.1 Å². The second kappa shape index (κ2) is 11.6. The summed E-state index contributed by atoms with van der Waals surface area (Å²) in [6.45, 7) is 4.46. The average Bonchev–Trinajstić information content (AvgIpc) is 3.37. The van der Waals surface area contributed by atoms with E-state index < -0.39 is 0 Å². The zero-order valence-electron chi connectivity index (χ0n) is 18.2. The van der Waals surface area contributed by atoms with Gasteiger partial charge in [0.25, 0.3) is 0 Å². The Morgan fingerprint density at radius 2 is 1.97 bits per heavy atom. The zero-order chi connectivity index (χ0) is 22.9. The highest BCUT2D eigenvalue weighted by atomic mass is 32.2. The van der Waals surface area contributed by atoms with E-state index in [0.717, 1.165) is 12.2 Å². The Hall–Kier alpha value is -2.92. The van der Waals surface area contributed by atoms with Crippen molar-refractivity contribution in [3.05, 3.63) is 46.7 Å². The van der Waals surface area contributed by atoms with Crippen molar-refractivity contribution in [2.75, 3.05) is 17.7 Å². The Morgan fingerprint density at radius 3 is 2.69 bits per heavy atom. The van der Waals surface area contributed by atoms with Crippen LogP contribution in [0.5, 0.6) is 5.75 Å². The van der Waals surface area contributed by atoms with Gasteiger partial charge in [-0.15, -0.1) is 21.5 Å². The molecule has 32 heavy (non-hydrogen) atoms. The van der Waals surface area contributed by atoms with Crippen molar-refractivity contribution in [1.29, 1.82) is 0 Å². The maximum Gasteiger partial charge on any atom is 0.311 e. The summed E-state index contributed by atoms with van der Waals surface area (Å²) in [4.78, 5) is 28.0. The summed E-state index contributed by atoms with van der Waals surface area (Å²) >= 11 is 2.53. The maximum atomic E-state index is 12.3. The molecule has 0 atom stereocenters. The molecule has 0 aliphatic rings. The van der Waals surface area contributed by atoms with Crippen molar-refractivity contribution < 1.29 is 19.1 Å². The molecule has 0 radical (unpaired) electrons. The molecular formula is C21H25N5O4S2. The minimum absolute atomic E-state index is 0.0848. The van der Waals surface area contributed by atoms with Crippen molar-refractivity contribution in [3.63, 3.8) is 0 Å². The van der Waals surface area contributed by atoms with E-state index in [2.05, 4.69) is 27.4 Å². The monoisotopic (exact) mass is 475 g/mol. The third-order valence-corrected chi connectivity index (χ3v) is 6.21. The summed E-state index contributed by atoms with van der Waals surface area (Å²) in [6, 6.07) is 7.94. The first-order chi connectivity index (χ1) is 15.5. The van der Waals surface area contributed by atoms with Gasteiger partial charge in [-0.25, -0.2) is 4.98 Å². The van der Waals surface area contributed by atoms with Crippen LogP contribution in [0.1, 0.15) is 30.9 Å². The quantitative estimate of drug-likeness (QED) is 0.333. The van der Waals surface area contributed by atoms with Crippen LogP contribution in [0.4, 0.5) is 5.13 Å². The predicted molar refractivity (Wildman–Crippen MR) is 123 cm³/mol. The fourth-order valence-electron chi connectivity index (χ4n) is 2.66. The molecule has 0 aliphatic carbocycles. The van der Waals surface area contributed by atoms with Crippen molar-refractivity contribution in [2.45, 2.75) is 38.5 Å². The van der Waals surface area contributed by atoms with E-state index >= 15 is 0 Å². The van der Waals surface area contributed by atoms with Gasteiger partial charge in [0.2, 0.25) is 5.91 Å². The van der Waals surface area contributed by atoms with E-state index in [0.29, 0.717) is 28.4 Å². The molecule has 0 aliphatic heterocycles. The first kappa shape index (κ1) is 23.7. The first-order valence-electron chi connectivity index (χ1n) is 10.1. The number of carbonyl (C=O) groups excluding carboxylic acids is 2. The van der Waals surface area contributed by atoms with Gasteiger partial charge >= 0.3 is 5.97 Å². The molecule has 0 fully saturated rings. The van der Waals surface area contributed by atoms with Crippen LogP contribution in [0.25, 0.3) is 0 Å². The molecule has 9 nitrogen and oxygen atoms in total. The standard InChI is InChI=1S/C21H25N5O4S2/c1-4-14-6-8-16(9-7-14)30-11-17-24-25-21(26(17)3)32-13-18(27)23-20-22-15(12-31-20)10-19(28)29-5-2/h6-9,12H,4-5,10-11,13H2,1-3H3,(H,22,23,27). The number of nitrogens with zero attached hydrogens (tertiary/aromatic N) is 4. The molecule has 3 aromatic rings. The maximum absolute atomic E-state index is 12.3. The number of amides is 1. The van der Waals surface area contributed by atoms with Gasteiger partial charge in [-0.2, -0.15) is 0 Å². The summed E-state index contributed by atoms with van der Waals surface area (Å²) < 4.78 is 12.5. The summed E-state index contributed by atoms with van der Waals surface area (Å²) in [6.07, 6.45) is 1.07. The molecule has 170 valence electrons. The van der Waals surface area contributed by atoms with Crippen LogP contribution in [0, 0.1) is 0 Å². The lowest BCUT2D eigenvalue weighted by Gasteiger charge is -2.07. The topological polar surface area (TPSA) is 108 Å². The number of thiazole rings is 1. The van der Waals surface area contributed by atoms with E-state index in [-0.39, 0.29) is 30.7 Å². The Kier molecular flexibility index (Phi) is 8.63. The Bertz CT molecular complexity index is 1050. The van der Waals surface area contributed by atoms with E-state index in [1.165, 1.54) is 28.7 Å². The molecule has 0 unspecified atom stereocenters. The minimum atomic E-state index is -0.341. The van der Waals surface area contributed by atoms with Gasteiger partial charge < -0.3 is 19.4 Å². The third-order valence-electron chi connectivity index (χ3n) is 4.39. The van der Waals surface area contributed by atoms with Crippen molar-refractivity contribution in [3.8, 4) is 5.75 Å². The number of anilines is 1. The number of benzene rings is 1. The number of rotatable bonds is 11. The molecule has 1 N–H and O–H groups in total. The SMILES string of the molecule is CCOC(=O)Cc1csc(NC(=O)CSc2nnc(COc3ccc(CC)cc3)n2C)n1. The predicted octanol–water partition coefficient (Wildman–Crippen LogP) is 3.25. The molecule has 0 spiro atoms. The minimum Gasteiger partial charge on any atom is -0.486 e. The van der Waals surface area contributed by atoms with Crippen molar-refractivity contribution >= 4 is 40.1 Å². The highest BCUT2D eigenvalue weighted by Gasteiger charge is 2.14. The smallest absolute Gasteiger partial charge is 0.311 e. The summed E-state index contributed by atoms with van der Waals surface area (Å²) in [5.41, 5.74) is 1.82. The fraction of sp³-hybridized carbons (Fsp3) is 0.381. The lowest BCUT2D eigenvalue weighted by Crippen LogP contribution is -2.15. The number of hydrogen-bond donors (Lipinski definition) is 1. The largest absolute Gasteiger partial charge is 0.486 e. The Labute approximate surface area is 194 Å². The second-order valence-electron chi connectivity index (χ2n) is 6.71. The molecule has 2 heterocycles. The van der Waals surface area contributed by atoms with Gasteiger partial charge in [0, 0.05) is 12.4 Å². The zero-order valence-corrected chi connectivity index (χ0v) is 19.8. The van der Waals surface area contributed by atoms with E-state index in [4.69, 9.17) is 9.47 Å². The molecular weight excluding hydrogens is 450 g/mol. The van der Waals surface area contributed by atoms with Gasteiger partial charge in [-0.3, -0.25) is 9.59 Å². The van der Waals surface area contributed by atoms with Gasteiger partial charge in [0.05, 0.1) is 24.5 Å².